The number of rotatable bonds is 4. The summed E-state index contributed by atoms with van der Waals surface area (Å²) in [5.74, 6) is 1.92. The van der Waals surface area contributed by atoms with E-state index in [0.717, 1.165) is 18.4 Å². The maximum Gasteiger partial charge on any atom is 0.112 e. The van der Waals surface area contributed by atoms with Gasteiger partial charge in [0, 0.05) is 19.6 Å². The Kier molecular flexibility index (Phi) is 3.08. The summed E-state index contributed by atoms with van der Waals surface area (Å²) in [5.41, 5.74) is 3.62. The molecule has 1 aliphatic rings. The summed E-state index contributed by atoms with van der Waals surface area (Å²) in [6.45, 7) is 0.261. The van der Waals surface area contributed by atoms with Crippen molar-refractivity contribution in [2.24, 2.45) is 7.05 Å². The lowest BCUT2D eigenvalue weighted by molar-refractivity contribution is 0.288. The maximum absolute atomic E-state index is 8.89. The van der Waals surface area contributed by atoms with Crippen molar-refractivity contribution in [3.63, 3.8) is 0 Å². The first-order valence-corrected chi connectivity index (χ1v) is 6.85. The van der Waals surface area contributed by atoms with Crippen molar-refractivity contribution >= 4 is 11.0 Å². The molecule has 2 aromatic rings. The molecule has 1 aliphatic carbocycles. The maximum atomic E-state index is 8.89. The molecule has 18 heavy (non-hydrogen) atoms. The number of aryl methyl sites for hydroxylation is 2. The Hall–Kier alpha value is -1.35. The van der Waals surface area contributed by atoms with Crippen molar-refractivity contribution in [3.8, 4) is 0 Å². The lowest BCUT2D eigenvalue weighted by Gasteiger charge is -2.24. The molecule has 3 rings (SSSR count). The van der Waals surface area contributed by atoms with Crippen molar-refractivity contribution < 1.29 is 5.11 Å². The fourth-order valence-corrected chi connectivity index (χ4v) is 2.72. The minimum Gasteiger partial charge on any atom is -0.396 e. The topological polar surface area (TPSA) is 38.0 Å². The summed E-state index contributed by atoms with van der Waals surface area (Å²) in [6, 6.07) is 6.47. The van der Waals surface area contributed by atoms with Crippen molar-refractivity contribution in [1.82, 2.24) is 9.55 Å². The second-order valence-electron chi connectivity index (χ2n) is 5.31. The van der Waals surface area contributed by atoms with Gasteiger partial charge in [0.25, 0.3) is 0 Å². The SMILES string of the molecule is Cn1c(C2CCC2)nc2ccc(CCCO)cc21. The third-order valence-electron chi connectivity index (χ3n) is 4.07. The minimum absolute atomic E-state index is 0.261. The van der Waals surface area contributed by atoms with E-state index in [1.165, 1.54) is 36.2 Å². The van der Waals surface area contributed by atoms with Crippen LogP contribution in [-0.4, -0.2) is 21.3 Å². The van der Waals surface area contributed by atoms with Crippen LogP contribution in [0.25, 0.3) is 11.0 Å². The fourth-order valence-electron chi connectivity index (χ4n) is 2.72. The van der Waals surface area contributed by atoms with Crippen LogP contribution >= 0.6 is 0 Å². The van der Waals surface area contributed by atoms with Crippen molar-refractivity contribution in [3.05, 3.63) is 29.6 Å². The Balaban J connectivity index is 1.96. The van der Waals surface area contributed by atoms with Gasteiger partial charge in [-0.15, -0.1) is 0 Å². The molecule has 1 N–H and O–H groups in total. The summed E-state index contributed by atoms with van der Waals surface area (Å²) in [5, 5.41) is 8.89. The highest BCUT2D eigenvalue weighted by Crippen LogP contribution is 2.36. The number of benzene rings is 1. The second kappa shape index (κ2) is 4.73. The van der Waals surface area contributed by atoms with Crippen LogP contribution in [0.2, 0.25) is 0 Å². The van der Waals surface area contributed by atoms with Crippen LogP contribution in [0, 0.1) is 0 Å². The largest absolute Gasteiger partial charge is 0.396 e. The standard InChI is InChI=1S/C15H20N2O/c1-17-14-10-11(4-3-9-18)7-8-13(14)16-15(17)12-5-2-6-12/h7-8,10,12,18H,2-6,9H2,1H3. The van der Waals surface area contributed by atoms with E-state index in [2.05, 4.69) is 29.8 Å². The zero-order valence-electron chi connectivity index (χ0n) is 10.9. The van der Waals surface area contributed by atoms with Gasteiger partial charge in [-0.2, -0.15) is 0 Å². The van der Waals surface area contributed by atoms with Crippen LogP contribution in [0.4, 0.5) is 0 Å². The van der Waals surface area contributed by atoms with E-state index in [4.69, 9.17) is 10.1 Å². The zero-order valence-corrected chi connectivity index (χ0v) is 10.9. The number of hydrogen-bond donors (Lipinski definition) is 1. The molecule has 1 saturated carbocycles. The Morgan fingerprint density at radius 1 is 1.39 bits per heavy atom. The summed E-state index contributed by atoms with van der Waals surface area (Å²) >= 11 is 0. The highest BCUT2D eigenvalue weighted by atomic mass is 16.2. The van der Waals surface area contributed by atoms with E-state index in [1.807, 2.05) is 0 Å². The van der Waals surface area contributed by atoms with Gasteiger partial charge in [0.05, 0.1) is 11.0 Å². The number of hydrogen-bond acceptors (Lipinski definition) is 2. The van der Waals surface area contributed by atoms with E-state index in [1.54, 1.807) is 0 Å². The third kappa shape index (κ3) is 1.93. The highest BCUT2D eigenvalue weighted by Gasteiger charge is 2.24. The van der Waals surface area contributed by atoms with Gasteiger partial charge in [0.15, 0.2) is 0 Å². The molecule has 0 atom stereocenters. The molecule has 0 spiro atoms. The quantitative estimate of drug-likeness (QED) is 0.898. The van der Waals surface area contributed by atoms with Gasteiger partial charge < -0.3 is 9.67 Å². The Morgan fingerprint density at radius 2 is 2.22 bits per heavy atom. The minimum atomic E-state index is 0.261. The monoisotopic (exact) mass is 244 g/mol. The Labute approximate surface area is 107 Å². The van der Waals surface area contributed by atoms with Crippen LogP contribution in [0.3, 0.4) is 0 Å². The predicted molar refractivity (Wildman–Crippen MR) is 72.7 cm³/mol. The van der Waals surface area contributed by atoms with Gasteiger partial charge >= 0.3 is 0 Å². The van der Waals surface area contributed by atoms with E-state index in [-0.39, 0.29) is 6.61 Å². The number of imidazole rings is 1. The number of nitrogens with zero attached hydrogens (tertiary/aromatic N) is 2. The third-order valence-corrected chi connectivity index (χ3v) is 4.07. The van der Waals surface area contributed by atoms with Gasteiger partial charge in [-0.1, -0.05) is 12.5 Å². The molecule has 0 saturated heterocycles. The average Bonchev–Trinajstić information content (AvgIpc) is 2.63. The molecule has 0 unspecified atom stereocenters. The highest BCUT2D eigenvalue weighted by molar-refractivity contribution is 5.77. The lowest BCUT2D eigenvalue weighted by atomic mass is 9.85. The fraction of sp³-hybridized carbons (Fsp3) is 0.533. The van der Waals surface area contributed by atoms with E-state index >= 15 is 0 Å². The van der Waals surface area contributed by atoms with Gasteiger partial charge in [0.2, 0.25) is 0 Å². The van der Waals surface area contributed by atoms with Gasteiger partial charge in [-0.05, 0) is 43.4 Å². The van der Waals surface area contributed by atoms with Gasteiger partial charge in [-0.3, -0.25) is 0 Å². The Bertz CT molecular complexity index is 555. The predicted octanol–water partition coefficient (Wildman–Crippen LogP) is 2.77. The second-order valence-corrected chi connectivity index (χ2v) is 5.31. The molecule has 1 aromatic carbocycles. The van der Waals surface area contributed by atoms with Crippen LogP contribution < -0.4 is 0 Å². The van der Waals surface area contributed by atoms with E-state index < -0.39 is 0 Å². The van der Waals surface area contributed by atoms with Crippen LogP contribution in [0.1, 0.15) is 43.0 Å². The average molecular weight is 244 g/mol. The van der Waals surface area contributed by atoms with Crippen LogP contribution in [0.5, 0.6) is 0 Å². The molecule has 1 fully saturated rings. The summed E-state index contributed by atoms with van der Waals surface area (Å²) in [4.78, 5) is 4.77. The zero-order chi connectivity index (χ0) is 12.5. The first-order chi connectivity index (χ1) is 8.79. The normalized spacial score (nSPS) is 16.1. The molecule has 1 heterocycles. The number of fused-ring (bicyclic) bond motifs is 1. The van der Waals surface area contributed by atoms with E-state index in [9.17, 15) is 0 Å². The van der Waals surface area contributed by atoms with Gasteiger partial charge in [0.1, 0.15) is 5.82 Å². The molecule has 96 valence electrons. The van der Waals surface area contributed by atoms with Crippen LogP contribution in [0.15, 0.2) is 18.2 Å². The van der Waals surface area contributed by atoms with Gasteiger partial charge in [-0.25, -0.2) is 4.98 Å². The molecular formula is C15H20N2O. The first kappa shape index (κ1) is 11.7. The number of aliphatic hydroxyl groups is 1. The molecule has 3 nitrogen and oxygen atoms in total. The summed E-state index contributed by atoms with van der Waals surface area (Å²) in [7, 11) is 2.12. The smallest absolute Gasteiger partial charge is 0.112 e. The van der Waals surface area contributed by atoms with Crippen molar-refractivity contribution in [2.75, 3.05) is 6.61 Å². The van der Waals surface area contributed by atoms with Crippen LogP contribution in [-0.2, 0) is 13.5 Å². The molecule has 1 aromatic heterocycles. The molecule has 0 radical (unpaired) electrons. The number of aromatic nitrogens is 2. The molecule has 0 aliphatic heterocycles. The number of aliphatic hydroxyl groups excluding tert-OH is 1. The molecule has 3 heteroatoms. The van der Waals surface area contributed by atoms with Crippen molar-refractivity contribution in [1.29, 1.82) is 0 Å². The molecular weight excluding hydrogens is 224 g/mol. The summed E-state index contributed by atoms with van der Waals surface area (Å²) in [6.07, 6.45) is 5.69. The molecule has 0 amide bonds. The summed E-state index contributed by atoms with van der Waals surface area (Å²) < 4.78 is 2.25. The Morgan fingerprint density at radius 3 is 2.89 bits per heavy atom. The lowest BCUT2D eigenvalue weighted by Crippen LogP contribution is -2.13. The van der Waals surface area contributed by atoms with Crippen molar-refractivity contribution in [2.45, 2.75) is 38.0 Å². The first-order valence-electron chi connectivity index (χ1n) is 6.85. The van der Waals surface area contributed by atoms with E-state index in [0.29, 0.717) is 5.92 Å². The molecule has 0 bridgehead atoms.